The first-order chi connectivity index (χ1) is 10.2. The number of hydrogen-bond acceptors (Lipinski definition) is 3. The molecule has 0 aliphatic carbocycles. The molecule has 2 aromatic rings. The van der Waals surface area contributed by atoms with Gasteiger partial charge in [-0.2, -0.15) is 0 Å². The molecular formula is C16H15N3O2. The standard InChI is InChI=1S/C16H15N3O2/c1-11-16(21)19(10-12-6-4-5-9-17-12)14-8-3-2-7-13(14)15(20)18-11/h2-9,11H,10H2,1H3,(H,18,20). The summed E-state index contributed by atoms with van der Waals surface area (Å²) in [5.74, 6) is -0.367. The van der Waals surface area contributed by atoms with Gasteiger partial charge in [0.25, 0.3) is 5.91 Å². The summed E-state index contributed by atoms with van der Waals surface area (Å²) in [6.07, 6.45) is 1.69. The van der Waals surface area contributed by atoms with Gasteiger partial charge in [0.15, 0.2) is 0 Å². The zero-order valence-electron chi connectivity index (χ0n) is 11.6. The van der Waals surface area contributed by atoms with Gasteiger partial charge in [-0.3, -0.25) is 14.6 Å². The van der Waals surface area contributed by atoms with Crippen LogP contribution < -0.4 is 10.2 Å². The number of carbonyl (C=O) groups is 2. The smallest absolute Gasteiger partial charge is 0.254 e. The fraction of sp³-hybridized carbons (Fsp3) is 0.188. The number of carbonyl (C=O) groups excluding carboxylic acids is 2. The SMILES string of the molecule is CC1NC(=O)c2ccccc2N(Cc2ccccn2)C1=O. The van der Waals surface area contributed by atoms with Gasteiger partial charge >= 0.3 is 0 Å². The Balaban J connectivity index is 2.05. The second-order valence-electron chi connectivity index (χ2n) is 4.96. The van der Waals surface area contributed by atoms with Gasteiger partial charge in [-0.25, -0.2) is 0 Å². The van der Waals surface area contributed by atoms with Gasteiger partial charge in [-0.1, -0.05) is 18.2 Å². The van der Waals surface area contributed by atoms with Crippen molar-refractivity contribution in [1.29, 1.82) is 0 Å². The van der Waals surface area contributed by atoms with Crippen LogP contribution in [-0.4, -0.2) is 22.8 Å². The minimum atomic E-state index is -0.561. The maximum atomic E-state index is 12.5. The summed E-state index contributed by atoms with van der Waals surface area (Å²) in [4.78, 5) is 30.6. The van der Waals surface area contributed by atoms with Crippen LogP contribution >= 0.6 is 0 Å². The Kier molecular flexibility index (Phi) is 3.39. The van der Waals surface area contributed by atoms with E-state index in [9.17, 15) is 9.59 Å². The number of fused-ring (bicyclic) bond motifs is 1. The third-order valence-electron chi connectivity index (χ3n) is 3.47. The highest BCUT2D eigenvalue weighted by Crippen LogP contribution is 2.25. The third-order valence-corrected chi connectivity index (χ3v) is 3.47. The molecule has 106 valence electrons. The average molecular weight is 281 g/mol. The topological polar surface area (TPSA) is 62.3 Å². The van der Waals surface area contributed by atoms with E-state index in [1.807, 2.05) is 24.3 Å². The van der Waals surface area contributed by atoms with Crippen molar-refractivity contribution in [2.75, 3.05) is 4.90 Å². The maximum absolute atomic E-state index is 12.5. The van der Waals surface area contributed by atoms with Crippen molar-refractivity contribution in [3.8, 4) is 0 Å². The summed E-state index contributed by atoms with van der Waals surface area (Å²) in [5.41, 5.74) is 1.91. The monoisotopic (exact) mass is 281 g/mol. The van der Waals surface area contributed by atoms with Crippen molar-refractivity contribution in [3.05, 3.63) is 59.9 Å². The average Bonchev–Trinajstić information content (AvgIpc) is 2.60. The highest BCUT2D eigenvalue weighted by molar-refractivity contribution is 6.10. The largest absolute Gasteiger partial charge is 0.340 e. The number of anilines is 1. The predicted molar refractivity (Wildman–Crippen MR) is 78.8 cm³/mol. The molecular weight excluding hydrogens is 266 g/mol. The molecule has 1 atom stereocenters. The summed E-state index contributed by atoms with van der Waals surface area (Å²) in [6.45, 7) is 2.04. The van der Waals surface area contributed by atoms with Crippen LogP contribution in [0.2, 0.25) is 0 Å². The summed E-state index contributed by atoms with van der Waals surface area (Å²) in [5, 5.41) is 2.71. The Morgan fingerprint density at radius 2 is 1.90 bits per heavy atom. The zero-order chi connectivity index (χ0) is 14.8. The first-order valence-corrected chi connectivity index (χ1v) is 6.78. The van der Waals surface area contributed by atoms with Crippen molar-refractivity contribution in [2.45, 2.75) is 19.5 Å². The van der Waals surface area contributed by atoms with Gasteiger partial charge in [0.2, 0.25) is 5.91 Å². The summed E-state index contributed by atoms with van der Waals surface area (Å²) >= 11 is 0. The molecule has 21 heavy (non-hydrogen) atoms. The van der Waals surface area contributed by atoms with E-state index >= 15 is 0 Å². The molecule has 3 rings (SSSR count). The third kappa shape index (κ3) is 2.50. The van der Waals surface area contributed by atoms with E-state index in [-0.39, 0.29) is 11.8 Å². The number of amides is 2. The molecule has 0 saturated heterocycles. The number of para-hydroxylation sites is 1. The van der Waals surface area contributed by atoms with E-state index in [1.165, 1.54) is 0 Å². The van der Waals surface area contributed by atoms with Crippen molar-refractivity contribution in [3.63, 3.8) is 0 Å². The van der Waals surface area contributed by atoms with Gasteiger partial charge < -0.3 is 10.2 Å². The van der Waals surface area contributed by atoms with Crippen LogP contribution in [0.5, 0.6) is 0 Å². The number of hydrogen-bond donors (Lipinski definition) is 1. The quantitative estimate of drug-likeness (QED) is 0.912. The number of nitrogens with zero attached hydrogens (tertiary/aromatic N) is 2. The summed E-state index contributed by atoms with van der Waals surface area (Å²) < 4.78 is 0. The second-order valence-corrected chi connectivity index (χ2v) is 4.96. The molecule has 0 saturated carbocycles. The highest BCUT2D eigenvalue weighted by atomic mass is 16.2. The molecule has 1 unspecified atom stereocenters. The molecule has 0 radical (unpaired) electrons. The number of rotatable bonds is 2. The van der Waals surface area contributed by atoms with E-state index in [1.54, 1.807) is 36.2 Å². The normalized spacial score (nSPS) is 18.0. The van der Waals surface area contributed by atoms with E-state index in [2.05, 4.69) is 10.3 Å². The Morgan fingerprint density at radius 1 is 1.14 bits per heavy atom. The minimum Gasteiger partial charge on any atom is -0.340 e. The van der Waals surface area contributed by atoms with E-state index in [0.717, 1.165) is 5.69 Å². The molecule has 1 aromatic carbocycles. The molecule has 1 N–H and O–H groups in total. The van der Waals surface area contributed by atoms with Crippen LogP contribution in [0, 0.1) is 0 Å². The lowest BCUT2D eigenvalue weighted by Gasteiger charge is -2.23. The Bertz CT molecular complexity index is 685. The molecule has 0 bridgehead atoms. The molecule has 2 amide bonds. The number of nitrogens with one attached hydrogen (secondary N) is 1. The molecule has 1 aliphatic heterocycles. The molecule has 0 fully saturated rings. The summed E-state index contributed by atoms with van der Waals surface area (Å²) in [6, 6.07) is 12.1. The van der Waals surface area contributed by atoms with Gasteiger partial charge in [-0.05, 0) is 31.2 Å². The number of benzene rings is 1. The lowest BCUT2D eigenvalue weighted by molar-refractivity contribution is -0.120. The van der Waals surface area contributed by atoms with Gasteiger partial charge in [-0.15, -0.1) is 0 Å². The van der Waals surface area contributed by atoms with Crippen molar-refractivity contribution in [2.24, 2.45) is 0 Å². The van der Waals surface area contributed by atoms with Crippen molar-refractivity contribution >= 4 is 17.5 Å². The van der Waals surface area contributed by atoms with E-state index in [0.29, 0.717) is 17.8 Å². The van der Waals surface area contributed by atoms with E-state index < -0.39 is 6.04 Å². The van der Waals surface area contributed by atoms with Gasteiger partial charge in [0.1, 0.15) is 6.04 Å². The molecule has 1 aliphatic rings. The van der Waals surface area contributed by atoms with Crippen LogP contribution in [0.4, 0.5) is 5.69 Å². The zero-order valence-corrected chi connectivity index (χ0v) is 11.6. The first kappa shape index (κ1) is 13.3. The van der Waals surface area contributed by atoms with Gasteiger partial charge in [0, 0.05) is 6.20 Å². The fourth-order valence-electron chi connectivity index (χ4n) is 2.41. The molecule has 2 heterocycles. The Morgan fingerprint density at radius 3 is 2.67 bits per heavy atom. The second kappa shape index (κ2) is 5.36. The number of aromatic nitrogens is 1. The first-order valence-electron chi connectivity index (χ1n) is 6.78. The van der Waals surface area contributed by atoms with Gasteiger partial charge in [0.05, 0.1) is 23.5 Å². The van der Waals surface area contributed by atoms with Crippen molar-refractivity contribution in [1.82, 2.24) is 10.3 Å². The fourth-order valence-corrected chi connectivity index (χ4v) is 2.41. The minimum absolute atomic E-state index is 0.140. The van der Waals surface area contributed by atoms with E-state index in [4.69, 9.17) is 0 Å². The lowest BCUT2D eigenvalue weighted by atomic mass is 10.1. The van der Waals surface area contributed by atoms with Crippen LogP contribution in [0.1, 0.15) is 23.0 Å². The van der Waals surface area contributed by atoms with Crippen LogP contribution in [0.15, 0.2) is 48.7 Å². The summed E-state index contributed by atoms with van der Waals surface area (Å²) in [7, 11) is 0. The Labute approximate surface area is 122 Å². The number of pyridine rings is 1. The maximum Gasteiger partial charge on any atom is 0.254 e. The molecule has 5 heteroatoms. The molecule has 1 aromatic heterocycles. The lowest BCUT2D eigenvalue weighted by Crippen LogP contribution is -2.43. The molecule has 0 spiro atoms. The van der Waals surface area contributed by atoms with Crippen LogP contribution in [0.3, 0.4) is 0 Å². The van der Waals surface area contributed by atoms with Crippen molar-refractivity contribution < 1.29 is 9.59 Å². The highest BCUT2D eigenvalue weighted by Gasteiger charge is 2.31. The van der Waals surface area contributed by atoms with Crippen LogP contribution in [0.25, 0.3) is 0 Å². The van der Waals surface area contributed by atoms with Crippen LogP contribution in [-0.2, 0) is 11.3 Å². The predicted octanol–water partition coefficient (Wildman–Crippen LogP) is 1.75. The molecule has 5 nitrogen and oxygen atoms in total. The Hall–Kier alpha value is -2.69.